The Labute approximate surface area is 278 Å². The van der Waals surface area contributed by atoms with Gasteiger partial charge in [0.25, 0.3) is 10.0 Å². The number of carbonyl (C=O) groups excluding carboxylic acids is 2. The summed E-state index contributed by atoms with van der Waals surface area (Å²) in [5, 5.41) is 2.91. The second kappa shape index (κ2) is 15.9. The number of ether oxygens (including phenoxy) is 1. The molecule has 2 amide bonds. The van der Waals surface area contributed by atoms with Crippen molar-refractivity contribution in [1.29, 1.82) is 0 Å². The molecule has 1 N–H and O–H groups in total. The van der Waals surface area contributed by atoms with Crippen molar-refractivity contribution in [2.75, 3.05) is 17.5 Å². The maximum atomic E-state index is 14.5. The Balaban J connectivity index is 1.80. The number of rotatable bonds is 14. The Morgan fingerprint density at radius 1 is 0.870 bits per heavy atom. The van der Waals surface area contributed by atoms with Gasteiger partial charge in [0.1, 0.15) is 24.2 Å². The van der Waals surface area contributed by atoms with E-state index in [1.807, 2.05) is 51.1 Å². The molecule has 46 heavy (non-hydrogen) atoms. The molecule has 242 valence electrons. The Morgan fingerprint density at radius 2 is 1.50 bits per heavy atom. The Hall–Kier alpha value is -4.22. The maximum absolute atomic E-state index is 14.5. The molecule has 0 aliphatic carbocycles. The van der Waals surface area contributed by atoms with E-state index in [4.69, 9.17) is 4.74 Å². The lowest BCUT2D eigenvalue weighted by Crippen LogP contribution is -2.54. The molecule has 0 aliphatic heterocycles. The van der Waals surface area contributed by atoms with Crippen LogP contribution in [0.15, 0.2) is 112 Å². The van der Waals surface area contributed by atoms with Crippen LogP contribution in [0.25, 0.3) is 0 Å². The molecule has 8 nitrogen and oxygen atoms in total. The van der Waals surface area contributed by atoms with Gasteiger partial charge in [-0.2, -0.15) is 0 Å². The normalized spacial score (nSPS) is 12.0. The average Bonchev–Trinajstić information content (AvgIpc) is 3.03. The third-order valence-electron chi connectivity index (χ3n) is 7.08. The summed E-state index contributed by atoms with van der Waals surface area (Å²) < 4.78 is 49.4. The molecule has 0 radical (unpaired) electrons. The van der Waals surface area contributed by atoms with Crippen LogP contribution in [0.1, 0.15) is 31.9 Å². The van der Waals surface area contributed by atoms with Crippen molar-refractivity contribution in [1.82, 2.24) is 10.2 Å². The SMILES string of the molecule is CCOc1ccc(N(CC(=O)N(Cc2ccc(F)cc2)[C@@H](Cc2ccccc2)C(=O)NC(C)C)S(=O)(=O)c2ccc(Br)cc2)cc1. The van der Waals surface area contributed by atoms with Crippen LogP contribution in [0.3, 0.4) is 0 Å². The van der Waals surface area contributed by atoms with Gasteiger partial charge in [-0.25, -0.2) is 12.8 Å². The number of benzene rings is 4. The van der Waals surface area contributed by atoms with Gasteiger partial charge in [0.15, 0.2) is 0 Å². The quantitative estimate of drug-likeness (QED) is 0.165. The van der Waals surface area contributed by atoms with Crippen molar-refractivity contribution in [3.8, 4) is 5.75 Å². The number of nitrogens with one attached hydrogen (secondary N) is 1. The fourth-order valence-corrected chi connectivity index (χ4v) is 6.54. The highest BCUT2D eigenvalue weighted by atomic mass is 79.9. The zero-order valence-electron chi connectivity index (χ0n) is 25.9. The van der Waals surface area contributed by atoms with Gasteiger partial charge in [-0.3, -0.25) is 13.9 Å². The van der Waals surface area contributed by atoms with Gasteiger partial charge in [0.05, 0.1) is 17.2 Å². The van der Waals surface area contributed by atoms with E-state index in [9.17, 15) is 22.4 Å². The molecule has 0 aromatic heterocycles. The van der Waals surface area contributed by atoms with Crippen LogP contribution in [-0.4, -0.2) is 50.4 Å². The summed E-state index contributed by atoms with van der Waals surface area (Å²) >= 11 is 3.34. The zero-order valence-corrected chi connectivity index (χ0v) is 28.3. The summed E-state index contributed by atoms with van der Waals surface area (Å²) in [6, 6.07) is 26.2. The molecule has 0 fully saturated rings. The molecule has 0 aliphatic rings. The van der Waals surface area contributed by atoms with E-state index in [0.29, 0.717) is 22.4 Å². The number of halogens is 2. The summed E-state index contributed by atoms with van der Waals surface area (Å²) in [6.45, 7) is 5.25. The van der Waals surface area contributed by atoms with E-state index < -0.39 is 40.2 Å². The van der Waals surface area contributed by atoms with Gasteiger partial charge in [-0.05, 0) is 92.6 Å². The minimum absolute atomic E-state index is 0.0131. The number of hydrogen-bond donors (Lipinski definition) is 1. The Morgan fingerprint density at radius 3 is 2.09 bits per heavy atom. The van der Waals surface area contributed by atoms with Gasteiger partial charge in [-0.1, -0.05) is 58.4 Å². The number of nitrogens with zero attached hydrogens (tertiary/aromatic N) is 2. The highest BCUT2D eigenvalue weighted by molar-refractivity contribution is 9.10. The summed E-state index contributed by atoms with van der Waals surface area (Å²) in [4.78, 5) is 29.6. The molecular formula is C35H37BrFN3O5S. The predicted molar refractivity (Wildman–Crippen MR) is 180 cm³/mol. The highest BCUT2D eigenvalue weighted by Crippen LogP contribution is 2.28. The third-order valence-corrected chi connectivity index (χ3v) is 9.40. The second-order valence-electron chi connectivity index (χ2n) is 10.9. The first-order valence-corrected chi connectivity index (χ1v) is 17.1. The van der Waals surface area contributed by atoms with Crippen LogP contribution in [0, 0.1) is 5.82 Å². The van der Waals surface area contributed by atoms with Crippen molar-refractivity contribution >= 4 is 43.5 Å². The lowest BCUT2D eigenvalue weighted by atomic mass is 10.0. The molecule has 1 atom stereocenters. The molecule has 0 spiro atoms. The van der Waals surface area contributed by atoms with E-state index >= 15 is 0 Å². The molecule has 0 heterocycles. The van der Waals surface area contributed by atoms with Gasteiger partial charge < -0.3 is 15.0 Å². The van der Waals surface area contributed by atoms with Gasteiger partial charge in [-0.15, -0.1) is 0 Å². The standard InChI is InChI=1S/C35H37BrFN3O5S/c1-4-45-31-18-16-30(17-19-31)40(46(43,44)32-20-12-28(36)13-21-32)24-34(41)39(23-27-10-14-29(37)15-11-27)33(35(42)38-25(2)3)22-26-8-6-5-7-9-26/h5-21,25,33H,4,22-24H2,1-3H3,(H,38,42)/t33-/m0/s1. The van der Waals surface area contributed by atoms with E-state index in [1.54, 1.807) is 48.5 Å². The molecule has 11 heteroatoms. The Bertz CT molecular complexity index is 1700. The molecule has 4 rings (SSSR count). The minimum atomic E-state index is -4.25. The van der Waals surface area contributed by atoms with Crippen LogP contribution in [0.2, 0.25) is 0 Å². The van der Waals surface area contributed by atoms with E-state index in [0.717, 1.165) is 9.87 Å². The fourth-order valence-electron chi connectivity index (χ4n) is 4.86. The third kappa shape index (κ3) is 9.17. The molecule has 4 aromatic carbocycles. The van der Waals surface area contributed by atoms with Crippen molar-refractivity contribution in [2.24, 2.45) is 0 Å². The summed E-state index contributed by atoms with van der Waals surface area (Å²) in [5.41, 5.74) is 1.63. The fraction of sp³-hybridized carbons (Fsp3) is 0.257. The van der Waals surface area contributed by atoms with E-state index in [-0.39, 0.29) is 29.6 Å². The highest BCUT2D eigenvalue weighted by Gasteiger charge is 2.35. The maximum Gasteiger partial charge on any atom is 0.264 e. The number of carbonyl (C=O) groups is 2. The van der Waals surface area contributed by atoms with Crippen LogP contribution in [0.5, 0.6) is 5.75 Å². The number of amides is 2. The molecule has 0 unspecified atom stereocenters. The summed E-state index contributed by atoms with van der Waals surface area (Å²) in [6.07, 6.45) is 0.175. The summed E-state index contributed by atoms with van der Waals surface area (Å²) in [5.74, 6) is -0.900. The number of hydrogen-bond acceptors (Lipinski definition) is 5. The van der Waals surface area contributed by atoms with Gasteiger partial charge in [0, 0.05) is 23.5 Å². The first kappa shape index (κ1) is 34.6. The first-order valence-electron chi connectivity index (χ1n) is 14.9. The van der Waals surface area contributed by atoms with E-state index in [1.165, 1.54) is 29.2 Å². The van der Waals surface area contributed by atoms with Crippen molar-refractivity contribution < 1.29 is 27.1 Å². The first-order chi connectivity index (χ1) is 22.0. The molecule has 4 aromatic rings. The minimum Gasteiger partial charge on any atom is -0.494 e. The predicted octanol–water partition coefficient (Wildman–Crippen LogP) is 6.35. The number of anilines is 1. The lowest BCUT2D eigenvalue weighted by Gasteiger charge is -2.34. The van der Waals surface area contributed by atoms with Crippen molar-refractivity contribution in [3.63, 3.8) is 0 Å². The van der Waals surface area contributed by atoms with Crippen LogP contribution < -0.4 is 14.4 Å². The second-order valence-corrected chi connectivity index (χ2v) is 13.7. The Kier molecular flexibility index (Phi) is 11.9. The lowest BCUT2D eigenvalue weighted by molar-refractivity contribution is -0.140. The topological polar surface area (TPSA) is 96.0 Å². The van der Waals surface area contributed by atoms with Crippen LogP contribution in [0.4, 0.5) is 10.1 Å². The summed E-state index contributed by atoms with van der Waals surface area (Å²) in [7, 11) is -4.25. The van der Waals surface area contributed by atoms with Crippen molar-refractivity contribution in [2.45, 2.75) is 50.7 Å². The zero-order chi connectivity index (χ0) is 33.3. The molecule has 0 saturated heterocycles. The largest absolute Gasteiger partial charge is 0.494 e. The van der Waals surface area contributed by atoms with Crippen LogP contribution >= 0.6 is 15.9 Å². The van der Waals surface area contributed by atoms with Gasteiger partial charge >= 0.3 is 0 Å². The number of sulfonamides is 1. The van der Waals surface area contributed by atoms with Crippen molar-refractivity contribution in [3.05, 3.63) is 125 Å². The smallest absolute Gasteiger partial charge is 0.264 e. The molecular weight excluding hydrogens is 673 g/mol. The average molecular weight is 711 g/mol. The molecule has 0 saturated carbocycles. The van der Waals surface area contributed by atoms with Crippen LogP contribution in [-0.2, 0) is 32.6 Å². The molecule has 0 bridgehead atoms. The monoisotopic (exact) mass is 709 g/mol. The van der Waals surface area contributed by atoms with E-state index in [2.05, 4.69) is 21.2 Å². The van der Waals surface area contributed by atoms with Gasteiger partial charge in [0.2, 0.25) is 11.8 Å².